The predicted molar refractivity (Wildman–Crippen MR) is 235 cm³/mol. The second-order valence-electron chi connectivity index (χ2n) is 16.6. The van der Waals surface area contributed by atoms with Crippen molar-refractivity contribution >= 4 is 11.7 Å². The van der Waals surface area contributed by atoms with E-state index >= 15 is 0 Å². The zero-order chi connectivity index (χ0) is 42.5. The molecule has 0 unspecified atom stereocenters. The molecule has 1 saturated heterocycles. The van der Waals surface area contributed by atoms with Gasteiger partial charge in [0.1, 0.15) is 24.4 Å². The summed E-state index contributed by atoms with van der Waals surface area (Å²) in [5, 5.41) is 53.8. The number of aliphatic hydroxyl groups excluding tert-OH is 5. The van der Waals surface area contributed by atoms with Crippen LogP contribution in [0.5, 0.6) is 0 Å². The Morgan fingerprint density at radius 2 is 1.05 bits per heavy atom. The number of rotatable bonds is 39. The lowest BCUT2D eigenvalue weighted by molar-refractivity contribution is -0.302. The van der Waals surface area contributed by atoms with Crippen LogP contribution in [-0.4, -0.2) is 93.3 Å². The molecule has 0 aromatic carbocycles. The third-order valence-corrected chi connectivity index (χ3v) is 11.2. The molecule has 0 aliphatic carbocycles. The van der Waals surface area contributed by atoms with Gasteiger partial charge in [0.2, 0.25) is 5.78 Å². The molecule has 0 spiro atoms. The van der Waals surface area contributed by atoms with Crippen LogP contribution in [-0.2, 0) is 19.1 Å². The molecule has 1 fully saturated rings. The van der Waals surface area contributed by atoms with Crippen LogP contribution < -0.4 is 5.32 Å². The first-order valence-electron chi connectivity index (χ1n) is 23.7. The Labute approximate surface area is 353 Å². The Kier molecular flexibility index (Phi) is 35.5. The van der Waals surface area contributed by atoms with Crippen LogP contribution in [0.25, 0.3) is 0 Å². The fraction of sp³-hybridized carbons (Fsp3) is 0.833. The maximum absolute atomic E-state index is 12.9. The molecule has 0 bridgehead atoms. The molecule has 0 saturated carbocycles. The Bertz CT molecular complexity index is 1060. The SMILES string of the molecule is CCCCCCCC=CC=CCCC=C[C@@H](O)[C@H](CO[C@@H]1O[C@H](CO)[C@@H](O)[C@H](O)[C@H]1O)NC(=O)C(=O)CCCCCCCCCCCCCCCCCCCCCC. The van der Waals surface area contributed by atoms with Gasteiger partial charge < -0.3 is 40.3 Å². The molecule has 10 nitrogen and oxygen atoms in total. The minimum atomic E-state index is -1.63. The summed E-state index contributed by atoms with van der Waals surface area (Å²) in [7, 11) is 0. The third-order valence-electron chi connectivity index (χ3n) is 11.2. The fourth-order valence-corrected chi connectivity index (χ4v) is 7.31. The average molecular weight is 822 g/mol. The molecule has 0 radical (unpaired) electrons. The monoisotopic (exact) mass is 822 g/mol. The molecule has 338 valence electrons. The summed E-state index contributed by atoms with van der Waals surface area (Å²) in [6.45, 7) is 3.50. The van der Waals surface area contributed by atoms with E-state index in [0.717, 1.165) is 32.1 Å². The summed E-state index contributed by atoms with van der Waals surface area (Å²) in [6, 6.07) is -1.06. The van der Waals surface area contributed by atoms with Crippen LogP contribution in [0.1, 0.15) is 200 Å². The molecule has 1 rings (SSSR count). The Morgan fingerprint density at radius 1 is 0.603 bits per heavy atom. The van der Waals surface area contributed by atoms with Crippen molar-refractivity contribution in [2.45, 2.75) is 243 Å². The van der Waals surface area contributed by atoms with Crippen LogP contribution in [0.15, 0.2) is 36.5 Å². The number of allylic oxidation sites excluding steroid dienone is 5. The number of aliphatic hydroxyl groups is 5. The van der Waals surface area contributed by atoms with Gasteiger partial charge >= 0.3 is 0 Å². The summed E-state index contributed by atoms with van der Waals surface area (Å²) < 4.78 is 11.1. The maximum Gasteiger partial charge on any atom is 0.287 e. The molecule has 7 atom stereocenters. The normalized spacial score (nSPS) is 21.1. The first-order valence-corrected chi connectivity index (χ1v) is 23.7. The highest BCUT2D eigenvalue weighted by molar-refractivity contribution is 6.36. The highest BCUT2D eigenvalue weighted by Crippen LogP contribution is 2.22. The van der Waals surface area contributed by atoms with E-state index in [4.69, 9.17) is 9.47 Å². The number of ketones is 1. The van der Waals surface area contributed by atoms with Gasteiger partial charge in [0.25, 0.3) is 5.91 Å². The van der Waals surface area contributed by atoms with Crippen molar-refractivity contribution < 1.29 is 44.6 Å². The van der Waals surface area contributed by atoms with Crippen LogP contribution in [0.2, 0.25) is 0 Å². The molecular weight excluding hydrogens is 735 g/mol. The van der Waals surface area contributed by atoms with Crippen molar-refractivity contribution in [3.8, 4) is 0 Å². The average Bonchev–Trinajstić information content (AvgIpc) is 3.22. The van der Waals surface area contributed by atoms with Crippen molar-refractivity contribution in [3.63, 3.8) is 0 Å². The second-order valence-corrected chi connectivity index (χ2v) is 16.6. The largest absolute Gasteiger partial charge is 0.394 e. The summed E-state index contributed by atoms with van der Waals surface area (Å²) in [6.07, 6.45) is 37.1. The van der Waals surface area contributed by atoms with Crippen molar-refractivity contribution in [1.29, 1.82) is 0 Å². The van der Waals surface area contributed by atoms with Crippen LogP contribution in [0, 0.1) is 0 Å². The smallest absolute Gasteiger partial charge is 0.287 e. The van der Waals surface area contributed by atoms with E-state index in [1.54, 1.807) is 6.08 Å². The number of hydrogen-bond acceptors (Lipinski definition) is 9. The Hall–Kier alpha value is -1.92. The summed E-state index contributed by atoms with van der Waals surface area (Å²) in [5.74, 6) is -1.40. The van der Waals surface area contributed by atoms with Gasteiger partial charge in [-0.1, -0.05) is 198 Å². The van der Waals surface area contributed by atoms with E-state index in [9.17, 15) is 35.1 Å². The van der Waals surface area contributed by atoms with E-state index in [0.29, 0.717) is 12.8 Å². The molecule has 1 heterocycles. The summed E-state index contributed by atoms with van der Waals surface area (Å²) in [4.78, 5) is 25.7. The van der Waals surface area contributed by atoms with Crippen LogP contribution in [0.4, 0.5) is 0 Å². The number of amides is 1. The number of carbonyl (C=O) groups is 2. The molecule has 10 heteroatoms. The number of Topliss-reactive ketones (excluding diaryl/α,β-unsaturated/α-hetero) is 1. The second kappa shape index (κ2) is 38.0. The quantitative estimate of drug-likeness (QED) is 0.0153. The maximum atomic E-state index is 12.9. The highest BCUT2D eigenvalue weighted by atomic mass is 16.7. The van der Waals surface area contributed by atoms with E-state index < -0.39 is 61.1 Å². The number of hydrogen-bond donors (Lipinski definition) is 6. The minimum Gasteiger partial charge on any atom is -0.394 e. The number of ether oxygens (including phenoxy) is 2. The van der Waals surface area contributed by atoms with Crippen molar-refractivity contribution in [2.24, 2.45) is 0 Å². The van der Waals surface area contributed by atoms with Crippen LogP contribution in [0.3, 0.4) is 0 Å². The zero-order valence-corrected chi connectivity index (χ0v) is 36.8. The lowest BCUT2D eigenvalue weighted by atomic mass is 9.99. The minimum absolute atomic E-state index is 0.108. The first-order chi connectivity index (χ1) is 28.3. The standard InChI is InChI=1S/C48H87NO9/c1-3-5-7-9-11-13-15-17-18-19-20-21-22-23-25-27-29-31-33-35-37-42(52)47(56)49-40(39-57-48-46(55)45(54)44(53)43(38-50)58-48)41(51)36-34-32-30-28-26-24-16-14-12-10-8-6-4-2/h16,24,26,28,34,36,40-41,43-46,48,50-51,53-55H,3-15,17-23,25,27,29-33,35,37-39H2,1-2H3,(H,49,56)/t40-,41+,43+,44+,45-,46+,48+/m0/s1. The summed E-state index contributed by atoms with van der Waals surface area (Å²) in [5.41, 5.74) is 0. The van der Waals surface area contributed by atoms with Gasteiger partial charge in [-0.2, -0.15) is 0 Å². The topological polar surface area (TPSA) is 166 Å². The fourth-order valence-electron chi connectivity index (χ4n) is 7.31. The van der Waals surface area contributed by atoms with Crippen molar-refractivity contribution in [2.75, 3.05) is 13.2 Å². The molecule has 0 aromatic rings. The van der Waals surface area contributed by atoms with Crippen molar-refractivity contribution in [1.82, 2.24) is 5.32 Å². The number of unbranched alkanes of at least 4 members (excludes halogenated alkanes) is 25. The van der Waals surface area contributed by atoms with E-state index in [1.807, 2.05) is 12.2 Å². The van der Waals surface area contributed by atoms with Gasteiger partial charge in [-0.15, -0.1) is 0 Å². The van der Waals surface area contributed by atoms with Gasteiger partial charge in [0.15, 0.2) is 6.29 Å². The van der Waals surface area contributed by atoms with Crippen LogP contribution >= 0.6 is 0 Å². The molecule has 6 N–H and O–H groups in total. The number of nitrogens with one attached hydrogen (secondary N) is 1. The molecule has 0 aromatic heterocycles. The van der Waals surface area contributed by atoms with Gasteiger partial charge in [-0.05, 0) is 32.1 Å². The molecule has 1 aliphatic heterocycles. The Balaban J connectivity index is 2.38. The lowest BCUT2D eigenvalue weighted by Gasteiger charge is -2.40. The Morgan fingerprint density at radius 3 is 1.55 bits per heavy atom. The highest BCUT2D eigenvalue weighted by Gasteiger charge is 2.44. The van der Waals surface area contributed by atoms with Gasteiger partial charge in [0.05, 0.1) is 25.4 Å². The lowest BCUT2D eigenvalue weighted by Crippen LogP contribution is -2.60. The van der Waals surface area contributed by atoms with E-state index in [-0.39, 0.29) is 13.0 Å². The van der Waals surface area contributed by atoms with Gasteiger partial charge in [-0.25, -0.2) is 0 Å². The first kappa shape index (κ1) is 54.1. The molecule has 1 amide bonds. The van der Waals surface area contributed by atoms with E-state index in [1.165, 1.54) is 141 Å². The van der Waals surface area contributed by atoms with Gasteiger partial charge in [0, 0.05) is 6.42 Å². The molecular formula is C48H87NO9. The summed E-state index contributed by atoms with van der Waals surface area (Å²) >= 11 is 0. The third kappa shape index (κ3) is 27.8. The molecule has 1 aliphatic rings. The van der Waals surface area contributed by atoms with Crippen molar-refractivity contribution in [3.05, 3.63) is 36.5 Å². The van der Waals surface area contributed by atoms with E-state index in [2.05, 4.69) is 31.3 Å². The number of carbonyl (C=O) groups excluding carboxylic acids is 2. The zero-order valence-electron chi connectivity index (χ0n) is 36.8. The predicted octanol–water partition coefficient (Wildman–Crippen LogP) is 9.24. The van der Waals surface area contributed by atoms with Gasteiger partial charge in [-0.3, -0.25) is 9.59 Å². The molecule has 58 heavy (non-hydrogen) atoms.